The maximum atomic E-state index is 14.4. The maximum Gasteiger partial charge on any atom is 0.472 e. The van der Waals surface area contributed by atoms with Gasteiger partial charge in [-0.05, 0) is 24.2 Å². The van der Waals surface area contributed by atoms with E-state index in [9.17, 15) is 48.0 Å². The van der Waals surface area contributed by atoms with Crippen molar-refractivity contribution in [2.24, 2.45) is 0 Å². The van der Waals surface area contributed by atoms with Crippen LogP contribution in [0.4, 0.5) is 17.5 Å². The summed E-state index contributed by atoms with van der Waals surface area (Å²) in [4.78, 5) is 81.3. The Morgan fingerprint density at radius 2 is 1.16 bits per heavy atom. The van der Waals surface area contributed by atoms with Crippen LogP contribution >= 0.6 is 41.6 Å². The largest absolute Gasteiger partial charge is 0.472 e. The summed E-state index contributed by atoms with van der Waals surface area (Å²) in [5.74, 6) is -0.335. The second-order valence-electron chi connectivity index (χ2n) is 18.1. The molecule has 0 aromatic carbocycles. The molecule has 0 radical (unpaired) electrons. The first-order valence-electron chi connectivity index (χ1n) is 24.0. The zero-order valence-corrected chi connectivity index (χ0v) is 46.2. The van der Waals surface area contributed by atoms with E-state index < -0.39 is 143 Å². The van der Waals surface area contributed by atoms with Gasteiger partial charge in [-0.1, -0.05) is 0 Å². The number of ether oxygens (including phenoxy) is 5. The van der Waals surface area contributed by atoms with Gasteiger partial charge in [-0.15, -0.1) is 0 Å². The van der Waals surface area contributed by atoms with Gasteiger partial charge in [0.25, 0.3) is 0 Å². The number of rotatable bonds is 25. The molecule has 10 heterocycles. The van der Waals surface area contributed by atoms with Crippen LogP contribution in [0.1, 0.15) is 31.5 Å². The molecule has 43 heteroatoms. The van der Waals surface area contributed by atoms with Crippen LogP contribution in [-0.4, -0.2) is 207 Å². The number of aliphatic hydroxyl groups is 3. The van der Waals surface area contributed by atoms with Crippen LogP contribution in [0.3, 0.4) is 0 Å². The van der Waals surface area contributed by atoms with Gasteiger partial charge in [0.2, 0.25) is 0 Å². The maximum absolute atomic E-state index is 14.4. The lowest BCUT2D eigenvalue weighted by atomic mass is 9.89. The fraction of sp³-hybridized carbons (Fsp3) is 0.605. The van der Waals surface area contributed by atoms with Crippen LogP contribution in [0.15, 0.2) is 38.0 Å². The first kappa shape index (κ1) is 59.7. The van der Waals surface area contributed by atoms with Crippen molar-refractivity contribution in [2.45, 2.75) is 86.0 Å². The van der Waals surface area contributed by atoms with E-state index in [0.717, 1.165) is 37.0 Å². The van der Waals surface area contributed by atoms with Gasteiger partial charge in [0.15, 0.2) is 53.1 Å². The summed E-state index contributed by atoms with van der Waals surface area (Å²) in [6.45, 7) is -8.77. The van der Waals surface area contributed by atoms with Crippen LogP contribution in [0, 0.1) is 0 Å². The topological polar surface area (TPSA) is 530 Å². The minimum absolute atomic E-state index is 0.00618. The number of nitrogen functional groups attached to an aromatic ring is 3. The molecule has 444 valence electrons. The quantitative estimate of drug-likeness (QED) is 0.0314. The third-order valence-electron chi connectivity index (χ3n) is 13.1. The van der Waals surface area contributed by atoms with E-state index in [1.165, 1.54) is 21.8 Å². The fourth-order valence-electron chi connectivity index (χ4n) is 9.62. The summed E-state index contributed by atoms with van der Waals surface area (Å²) in [7, 11) is -14.5. The Balaban J connectivity index is 0.898. The Morgan fingerprint density at radius 1 is 0.642 bits per heavy atom. The van der Waals surface area contributed by atoms with Gasteiger partial charge >= 0.3 is 30.3 Å². The highest BCUT2D eigenvalue weighted by Gasteiger charge is 2.62. The molecular formula is C38H53N15O23P4S. The van der Waals surface area contributed by atoms with Crippen molar-refractivity contribution in [3.05, 3.63) is 38.0 Å². The molecule has 4 aliphatic rings. The lowest BCUT2D eigenvalue weighted by molar-refractivity contribution is -0.165. The number of anilines is 3. The monoisotopic (exact) mass is 1240 g/mol. The Morgan fingerprint density at radius 3 is 1.73 bits per heavy atom. The number of aliphatic hydroxyl groups excluding tert-OH is 3. The predicted octanol–water partition coefficient (Wildman–Crippen LogP) is -0.789. The third kappa shape index (κ3) is 12.4. The second kappa shape index (κ2) is 23.9. The molecule has 16 atom stereocenters. The second-order valence-corrected chi connectivity index (χ2v) is 26.3. The van der Waals surface area contributed by atoms with Crippen molar-refractivity contribution in [2.75, 3.05) is 76.3 Å². The van der Waals surface area contributed by atoms with Crippen LogP contribution in [0.5, 0.6) is 0 Å². The molecule has 4 saturated heterocycles. The molecule has 6 aromatic heterocycles. The standard InChI is InChI=1S/C38H53N15O23P4S/c1-65-24-19(10-68-77(57,58)67-7-4-54)72-36(52-16-49-21-30(40)43-13-46-33(21)52)26(24)75-78(59,60)69-9-18-23(56)25(35(71-18)51-15-48-20-29(39)42-12-45-32(20)51)74-79(61,62)70-11-38-3-2-6-66-28(38)27(76-80(63,64)81-8-5-55)37(73-38)53-17-50-22-31(41)44-14-47-34(22)53/h12-19,23-28,35-37,54-56H,2-11H2,1H3,(H,57,58)(H,59,60)(H,61,62)(H,63,64)(H2,39,42,45)(H2,40,43,46)(H2,41,44,47)/t18-,19-,23?,24?,25+,26+,27+,28?,35-,36-,37-,38-/m1/s1. The average Bonchev–Trinajstić information content (AvgIpc) is 4.32. The number of hydrogen-bond donors (Lipinski definition) is 10. The van der Waals surface area contributed by atoms with Gasteiger partial charge in [0.1, 0.15) is 90.0 Å². The summed E-state index contributed by atoms with van der Waals surface area (Å²) >= 11 is 0.433. The predicted molar refractivity (Wildman–Crippen MR) is 270 cm³/mol. The number of fused-ring (bicyclic) bond motifs is 4. The SMILES string of the molecule is COC1[C@@H](COP(=O)(O)OCCO)O[C@@H](n2cnc3c(N)ncnc32)[C@H]1OP(=O)(O)OC[C@H]1O[C@@H](n2cnc3c(N)ncnc32)[C@@H](OP(=O)(O)OC[C@]23CCCOC2[C@H](OP(=O)(O)SCCO)[C@H](n2cnc4c(N)ncnc42)O3)C1O. The molecule has 6 aromatic rings. The number of phosphoric ester groups is 3. The molecule has 4 aliphatic heterocycles. The van der Waals surface area contributed by atoms with E-state index >= 15 is 0 Å². The molecule has 7 unspecified atom stereocenters. The van der Waals surface area contributed by atoms with Gasteiger partial charge in [-0.25, -0.2) is 63.1 Å². The highest BCUT2D eigenvalue weighted by atomic mass is 32.7. The molecule has 38 nitrogen and oxygen atoms in total. The molecular weight excluding hydrogens is 1190 g/mol. The molecule has 10 rings (SSSR count). The lowest BCUT2D eigenvalue weighted by Gasteiger charge is -2.38. The smallest absolute Gasteiger partial charge is 0.396 e. The highest BCUT2D eigenvalue weighted by molar-refractivity contribution is 8.54. The zero-order chi connectivity index (χ0) is 57.6. The first-order valence-corrected chi connectivity index (χ1v) is 31.6. The van der Waals surface area contributed by atoms with Crippen molar-refractivity contribution in [3.63, 3.8) is 0 Å². The number of aromatic nitrogens is 12. The first-order chi connectivity index (χ1) is 38.6. The third-order valence-corrected chi connectivity index (χ3v) is 19.0. The van der Waals surface area contributed by atoms with Crippen molar-refractivity contribution < 1.29 is 109 Å². The lowest BCUT2D eigenvalue weighted by Crippen LogP contribution is -2.51. The molecule has 0 bridgehead atoms. The highest BCUT2D eigenvalue weighted by Crippen LogP contribution is 2.61. The Hall–Kier alpha value is -4.44. The summed E-state index contributed by atoms with van der Waals surface area (Å²) < 4.78 is 127. The summed E-state index contributed by atoms with van der Waals surface area (Å²) in [5.41, 5.74) is 16.8. The van der Waals surface area contributed by atoms with Gasteiger partial charge in [-0.3, -0.25) is 45.4 Å². The summed E-state index contributed by atoms with van der Waals surface area (Å²) in [5, 5.41) is 30.5. The number of nitrogens with zero attached hydrogens (tertiary/aromatic N) is 12. The number of nitrogens with two attached hydrogens (primary N) is 3. The number of phosphoric acid groups is 3. The van der Waals surface area contributed by atoms with Gasteiger partial charge < -0.3 is 75.8 Å². The molecule has 0 amide bonds. The summed E-state index contributed by atoms with van der Waals surface area (Å²) in [6, 6.07) is 0. The Bertz CT molecular complexity index is 3430. The van der Waals surface area contributed by atoms with Crippen molar-refractivity contribution >= 4 is 92.6 Å². The zero-order valence-electron chi connectivity index (χ0n) is 41.8. The van der Waals surface area contributed by atoms with Gasteiger partial charge in [0, 0.05) is 19.5 Å². The van der Waals surface area contributed by atoms with E-state index in [0.29, 0.717) is 11.4 Å². The normalized spacial score (nSPS) is 30.8. The summed E-state index contributed by atoms with van der Waals surface area (Å²) in [6.07, 6.45) is -10.2. The van der Waals surface area contributed by atoms with E-state index in [1.807, 2.05) is 0 Å². The van der Waals surface area contributed by atoms with E-state index in [2.05, 4.69) is 44.9 Å². The Kier molecular flexibility index (Phi) is 17.6. The minimum Gasteiger partial charge on any atom is -0.396 e. The van der Waals surface area contributed by atoms with Crippen molar-refractivity contribution in [1.82, 2.24) is 58.6 Å². The van der Waals surface area contributed by atoms with E-state index in [-0.39, 0.29) is 76.1 Å². The number of methoxy groups -OCH3 is 1. The average molecular weight is 1240 g/mol. The molecule has 0 aliphatic carbocycles. The Labute approximate surface area is 458 Å². The number of imidazole rings is 3. The number of hydrogen-bond acceptors (Lipinski definition) is 32. The van der Waals surface area contributed by atoms with Crippen LogP contribution in [0.25, 0.3) is 33.5 Å². The van der Waals surface area contributed by atoms with E-state index in [4.69, 9.17) is 77.7 Å². The molecule has 0 saturated carbocycles. The molecule has 13 N–H and O–H groups in total. The van der Waals surface area contributed by atoms with Crippen LogP contribution < -0.4 is 17.2 Å². The fourth-order valence-corrected chi connectivity index (χ4v) is 14.6. The van der Waals surface area contributed by atoms with Crippen molar-refractivity contribution in [1.29, 1.82) is 0 Å². The molecule has 0 spiro atoms. The van der Waals surface area contributed by atoms with Gasteiger partial charge in [-0.2, -0.15) is 0 Å². The molecule has 4 fully saturated rings. The minimum atomic E-state index is -5.48. The van der Waals surface area contributed by atoms with Crippen LogP contribution in [0.2, 0.25) is 0 Å². The van der Waals surface area contributed by atoms with Crippen LogP contribution in [-0.2, 0) is 73.6 Å². The van der Waals surface area contributed by atoms with E-state index in [1.54, 1.807) is 0 Å². The van der Waals surface area contributed by atoms with Crippen molar-refractivity contribution in [3.8, 4) is 0 Å². The van der Waals surface area contributed by atoms with Gasteiger partial charge in [0.05, 0.1) is 58.6 Å². The molecule has 81 heavy (non-hydrogen) atoms.